The maximum absolute atomic E-state index is 5.77. The smallest absolute Gasteiger partial charge is 0.145 e. The van der Waals surface area contributed by atoms with Crippen LogP contribution in [0.1, 0.15) is 31.9 Å². The molecule has 1 aromatic rings. The highest BCUT2D eigenvalue weighted by Gasteiger charge is 2.18. The quantitative estimate of drug-likeness (QED) is 0.673. The van der Waals surface area contributed by atoms with Crippen LogP contribution in [-0.4, -0.2) is 24.6 Å². The third kappa shape index (κ3) is 2.80. The van der Waals surface area contributed by atoms with Crippen LogP contribution in [0.25, 0.3) is 0 Å². The minimum atomic E-state index is 0.148. The second kappa shape index (κ2) is 6.17. The molecule has 0 aliphatic rings. The highest BCUT2D eigenvalue weighted by molar-refractivity contribution is 7.10. The molecule has 1 rings (SSSR count). The Kier molecular flexibility index (Phi) is 5.15. The number of hydrogen-bond acceptors (Lipinski definition) is 3. The molecule has 0 aromatic carbocycles. The van der Waals surface area contributed by atoms with Gasteiger partial charge in [-0.1, -0.05) is 19.9 Å². The van der Waals surface area contributed by atoms with E-state index in [-0.39, 0.29) is 6.23 Å². The van der Waals surface area contributed by atoms with E-state index in [1.54, 1.807) is 11.3 Å². The summed E-state index contributed by atoms with van der Waals surface area (Å²) in [5, 5.41) is 2.10. The minimum Gasteiger partial charge on any atom is -0.358 e. The summed E-state index contributed by atoms with van der Waals surface area (Å²) < 4.78 is 5.77. The molecule has 1 heterocycles. The number of nitrogens with zero attached hydrogens (tertiary/aromatic N) is 1. The van der Waals surface area contributed by atoms with Gasteiger partial charge in [0.25, 0.3) is 0 Å². The summed E-state index contributed by atoms with van der Waals surface area (Å²) in [6, 6.07) is 4.22. The lowest BCUT2D eigenvalue weighted by atomic mass is 10.3. The number of ether oxygens (including phenoxy) is 1. The van der Waals surface area contributed by atoms with Crippen LogP contribution in [0.3, 0.4) is 0 Å². The van der Waals surface area contributed by atoms with Gasteiger partial charge < -0.3 is 4.74 Å². The lowest BCUT2D eigenvalue weighted by Gasteiger charge is -2.28. The van der Waals surface area contributed by atoms with Crippen molar-refractivity contribution in [2.45, 2.75) is 27.0 Å². The maximum Gasteiger partial charge on any atom is 0.145 e. The molecule has 0 N–H and O–H groups in total. The zero-order valence-corrected chi connectivity index (χ0v) is 10.0. The predicted octanol–water partition coefficient (Wildman–Crippen LogP) is 3.13. The summed E-state index contributed by atoms with van der Waals surface area (Å²) >= 11 is 1.76. The van der Waals surface area contributed by atoms with Gasteiger partial charge in [0.05, 0.1) is 0 Å². The van der Waals surface area contributed by atoms with Crippen LogP contribution in [0.5, 0.6) is 0 Å². The molecule has 1 aromatic heterocycles. The van der Waals surface area contributed by atoms with Crippen LogP contribution in [0.15, 0.2) is 17.5 Å². The Morgan fingerprint density at radius 3 is 2.50 bits per heavy atom. The molecule has 1 atom stereocenters. The fourth-order valence-electron chi connectivity index (χ4n) is 1.51. The molecule has 0 fully saturated rings. The molecule has 0 saturated heterocycles. The Morgan fingerprint density at radius 1 is 1.36 bits per heavy atom. The lowest BCUT2D eigenvalue weighted by molar-refractivity contribution is -0.0506. The van der Waals surface area contributed by atoms with Gasteiger partial charge in [0, 0.05) is 11.5 Å². The topological polar surface area (TPSA) is 12.5 Å². The number of hydrogen-bond donors (Lipinski definition) is 0. The fraction of sp³-hybridized carbons (Fsp3) is 0.636. The molecule has 3 heteroatoms. The minimum absolute atomic E-state index is 0.148. The Bertz CT molecular complexity index is 231. The predicted molar refractivity (Wildman–Crippen MR) is 61.6 cm³/mol. The van der Waals surface area contributed by atoms with Gasteiger partial charge in [0.2, 0.25) is 0 Å². The molecular weight excluding hydrogens is 194 g/mol. The summed E-state index contributed by atoms with van der Waals surface area (Å²) in [7, 11) is 0. The molecule has 0 aliphatic heterocycles. The van der Waals surface area contributed by atoms with Gasteiger partial charge in [0.1, 0.15) is 6.23 Å². The summed E-state index contributed by atoms with van der Waals surface area (Å²) in [6.07, 6.45) is 0.148. The van der Waals surface area contributed by atoms with E-state index in [1.807, 2.05) is 6.92 Å². The Morgan fingerprint density at radius 2 is 2.07 bits per heavy atom. The third-order valence-electron chi connectivity index (χ3n) is 2.26. The zero-order chi connectivity index (χ0) is 10.4. The SMILES string of the molecule is CCOC(c1cccs1)N(CC)CC. The van der Waals surface area contributed by atoms with Crippen molar-refractivity contribution >= 4 is 11.3 Å². The van der Waals surface area contributed by atoms with Gasteiger partial charge in [-0.25, -0.2) is 0 Å². The second-order valence-electron chi connectivity index (χ2n) is 3.04. The highest BCUT2D eigenvalue weighted by atomic mass is 32.1. The van der Waals surface area contributed by atoms with E-state index < -0.39 is 0 Å². The van der Waals surface area contributed by atoms with Crippen molar-refractivity contribution in [1.29, 1.82) is 0 Å². The molecule has 0 amide bonds. The van der Waals surface area contributed by atoms with Gasteiger partial charge >= 0.3 is 0 Å². The van der Waals surface area contributed by atoms with Crippen LogP contribution in [0.2, 0.25) is 0 Å². The highest BCUT2D eigenvalue weighted by Crippen LogP contribution is 2.25. The van der Waals surface area contributed by atoms with E-state index in [1.165, 1.54) is 4.88 Å². The van der Waals surface area contributed by atoms with E-state index in [2.05, 4.69) is 36.3 Å². The maximum atomic E-state index is 5.77. The molecular formula is C11H19NOS. The Balaban J connectivity index is 2.72. The molecule has 0 spiro atoms. The molecule has 0 radical (unpaired) electrons. The molecule has 0 aliphatic carbocycles. The molecule has 1 unspecified atom stereocenters. The molecule has 80 valence electrons. The van der Waals surface area contributed by atoms with Crippen molar-refractivity contribution in [1.82, 2.24) is 4.90 Å². The van der Waals surface area contributed by atoms with Crippen molar-refractivity contribution in [3.8, 4) is 0 Å². The van der Waals surface area contributed by atoms with Gasteiger partial charge in [-0.15, -0.1) is 11.3 Å². The van der Waals surface area contributed by atoms with Crippen molar-refractivity contribution < 1.29 is 4.74 Å². The Labute approximate surface area is 90.5 Å². The van der Waals surface area contributed by atoms with E-state index in [0.29, 0.717) is 0 Å². The van der Waals surface area contributed by atoms with Crippen molar-refractivity contribution in [2.75, 3.05) is 19.7 Å². The average molecular weight is 213 g/mol. The van der Waals surface area contributed by atoms with E-state index in [9.17, 15) is 0 Å². The second-order valence-corrected chi connectivity index (χ2v) is 4.02. The first-order valence-electron chi connectivity index (χ1n) is 5.22. The van der Waals surface area contributed by atoms with Gasteiger partial charge in [-0.3, -0.25) is 4.90 Å². The van der Waals surface area contributed by atoms with Gasteiger partial charge in [-0.05, 0) is 31.5 Å². The standard InChI is InChI=1S/C11H19NOS/c1-4-12(5-2)11(13-6-3)10-8-7-9-14-10/h7-9,11H,4-6H2,1-3H3. The molecule has 2 nitrogen and oxygen atoms in total. The van der Waals surface area contributed by atoms with Crippen molar-refractivity contribution in [3.05, 3.63) is 22.4 Å². The number of thiophene rings is 1. The average Bonchev–Trinajstić information content (AvgIpc) is 2.71. The summed E-state index contributed by atoms with van der Waals surface area (Å²) in [5.74, 6) is 0. The van der Waals surface area contributed by atoms with Gasteiger partial charge in [0.15, 0.2) is 0 Å². The summed E-state index contributed by atoms with van der Waals surface area (Å²) in [5.41, 5.74) is 0. The first-order valence-corrected chi connectivity index (χ1v) is 6.10. The van der Waals surface area contributed by atoms with E-state index >= 15 is 0 Å². The van der Waals surface area contributed by atoms with Crippen LogP contribution < -0.4 is 0 Å². The van der Waals surface area contributed by atoms with E-state index in [4.69, 9.17) is 4.74 Å². The summed E-state index contributed by atoms with van der Waals surface area (Å²) in [6.45, 7) is 9.20. The van der Waals surface area contributed by atoms with Crippen LogP contribution in [0.4, 0.5) is 0 Å². The van der Waals surface area contributed by atoms with Crippen molar-refractivity contribution in [2.24, 2.45) is 0 Å². The fourth-order valence-corrected chi connectivity index (χ4v) is 2.32. The largest absolute Gasteiger partial charge is 0.358 e. The first-order chi connectivity index (χ1) is 6.83. The lowest BCUT2D eigenvalue weighted by Crippen LogP contribution is -2.29. The van der Waals surface area contributed by atoms with Crippen LogP contribution in [-0.2, 0) is 4.74 Å². The zero-order valence-electron chi connectivity index (χ0n) is 9.19. The summed E-state index contributed by atoms with van der Waals surface area (Å²) in [4.78, 5) is 3.63. The van der Waals surface area contributed by atoms with E-state index in [0.717, 1.165) is 19.7 Å². The monoisotopic (exact) mass is 213 g/mol. The third-order valence-corrected chi connectivity index (χ3v) is 3.16. The van der Waals surface area contributed by atoms with Crippen LogP contribution >= 0.6 is 11.3 Å². The molecule has 0 bridgehead atoms. The normalized spacial score (nSPS) is 13.4. The van der Waals surface area contributed by atoms with Crippen molar-refractivity contribution in [3.63, 3.8) is 0 Å². The van der Waals surface area contributed by atoms with Gasteiger partial charge in [-0.2, -0.15) is 0 Å². The molecule has 0 saturated carbocycles. The molecule has 14 heavy (non-hydrogen) atoms. The Hall–Kier alpha value is -0.380. The van der Waals surface area contributed by atoms with Crippen LogP contribution in [0, 0.1) is 0 Å². The first kappa shape index (κ1) is 11.7. The number of rotatable bonds is 6.